The van der Waals surface area contributed by atoms with Gasteiger partial charge < -0.3 is 9.84 Å². The number of hydrogen-bond acceptors (Lipinski definition) is 2. The van der Waals surface area contributed by atoms with Gasteiger partial charge in [-0.1, -0.05) is 13.3 Å². The van der Waals surface area contributed by atoms with E-state index in [0.29, 0.717) is 18.9 Å². The van der Waals surface area contributed by atoms with Crippen molar-refractivity contribution in [1.29, 1.82) is 0 Å². The van der Waals surface area contributed by atoms with Crippen molar-refractivity contribution < 1.29 is 9.84 Å². The van der Waals surface area contributed by atoms with Crippen LogP contribution in [-0.4, -0.2) is 23.9 Å². The van der Waals surface area contributed by atoms with Gasteiger partial charge in [0.1, 0.15) is 0 Å². The van der Waals surface area contributed by atoms with E-state index in [1.165, 1.54) is 0 Å². The molecule has 0 bridgehead atoms. The lowest BCUT2D eigenvalue weighted by molar-refractivity contribution is -0.103. The second-order valence-electron chi connectivity index (χ2n) is 2.51. The van der Waals surface area contributed by atoms with Crippen LogP contribution in [0.5, 0.6) is 0 Å². The minimum atomic E-state index is -0.611. The van der Waals surface area contributed by atoms with E-state index in [4.69, 9.17) is 21.4 Å². The molecular formula is C8H17ClO2. The minimum Gasteiger partial charge on any atom is -0.368 e. The molecule has 0 aromatic carbocycles. The van der Waals surface area contributed by atoms with Crippen molar-refractivity contribution in [3.8, 4) is 0 Å². The third-order valence-electron chi connectivity index (χ3n) is 1.39. The van der Waals surface area contributed by atoms with Crippen LogP contribution in [0.2, 0.25) is 0 Å². The molecule has 0 saturated carbocycles. The second-order valence-corrected chi connectivity index (χ2v) is 2.89. The Kier molecular flexibility index (Phi) is 8.47. The SMILES string of the molecule is CCCCOC(O)CCCCl. The number of alkyl halides is 1. The summed E-state index contributed by atoms with van der Waals surface area (Å²) in [5.41, 5.74) is 0. The van der Waals surface area contributed by atoms with Crippen LogP contribution in [0.3, 0.4) is 0 Å². The molecule has 0 amide bonds. The smallest absolute Gasteiger partial charge is 0.154 e. The van der Waals surface area contributed by atoms with E-state index in [2.05, 4.69) is 6.92 Å². The highest BCUT2D eigenvalue weighted by Crippen LogP contribution is 2.01. The molecule has 68 valence electrons. The van der Waals surface area contributed by atoms with Gasteiger partial charge in [0.2, 0.25) is 0 Å². The fourth-order valence-electron chi connectivity index (χ4n) is 0.699. The first-order valence-corrected chi connectivity index (χ1v) is 4.70. The molecule has 1 unspecified atom stereocenters. The summed E-state index contributed by atoms with van der Waals surface area (Å²) in [4.78, 5) is 0. The monoisotopic (exact) mass is 180 g/mol. The van der Waals surface area contributed by atoms with Crippen LogP contribution in [0.25, 0.3) is 0 Å². The van der Waals surface area contributed by atoms with E-state index in [1.807, 2.05) is 0 Å². The van der Waals surface area contributed by atoms with Gasteiger partial charge in [-0.2, -0.15) is 0 Å². The summed E-state index contributed by atoms with van der Waals surface area (Å²) >= 11 is 5.44. The molecule has 0 fully saturated rings. The third kappa shape index (κ3) is 8.11. The summed E-state index contributed by atoms with van der Waals surface area (Å²) in [6.45, 7) is 2.74. The van der Waals surface area contributed by atoms with Gasteiger partial charge in [0.25, 0.3) is 0 Å². The molecular weight excluding hydrogens is 164 g/mol. The number of hydrogen-bond donors (Lipinski definition) is 1. The zero-order valence-corrected chi connectivity index (χ0v) is 7.81. The molecule has 0 aliphatic carbocycles. The zero-order valence-electron chi connectivity index (χ0n) is 7.05. The predicted octanol–water partition coefficient (Wildman–Crippen LogP) is 2.14. The Morgan fingerprint density at radius 3 is 2.73 bits per heavy atom. The van der Waals surface area contributed by atoms with Gasteiger partial charge in [0.15, 0.2) is 6.29 Å². The quantitative estimate of drug-likeness (QED) is 0.370. The molecule has 0 heterocycles. The molecule has 0 saturated heterocycles. The van der Waals surface area contributed by atoms with Gasteiger partial charge >= 0.3 is 0 Å². The molecule has 0 aromatic heterocycles. The van der Waals surface area contributed by atoms with Gasteiger partial charge in [-0.3, -0.25) is 0 Å². The molecule has 0 rings (SSSR count). The molecule has 1 atom stereocenters. The number of unbranched alkanes of at least 4 members (excludes halogenated alkanes) is 1. The van der Waals surface area contributed by atoms with Crippen LogP contribution in [0.4, 0.5) is 0 Å². The van der Waals surface area contributed by atoms with Gasteiger partial charge in [-0.25, -0.2) is 0 Å². The summed E-state index contributed by atoms with van der Waals surface area (Å²) in [6, 6.07) is 0. The van der Waals surface area contributed by atoms with Crippen molar-refractivity contribution in [1.82, 2.24) is 0 Å². The highest BCUT2D eigenvalue weighted by molar-refractivity contribution is 6.17. The van der Waals surface area contributed by atoms with Crippen LogP contribution in [-0.2, 0) is 4.74 Å². The summed E-state index contributed by atoms with van der Waals surface area (Å²) in [7, 11) is 0. The lowest BCUT2D eigenvalue weighted by Crippen LogP contribution is -2.12. The molecule has 0 aliphatic heterocycles. The molecule has 0 aromatic rings. The summed E-state index contributed by atoms with van der Waals surface area (Å²) < 4.78 is 5.08. The maximum Gasteiger partial charge on any atom is 0.154 e. The molecule has 3 heteroatoms. The Morgan fingerprint density at radius 1 is 1.45 bits per heavy atom. The fourth-order valence-corrected chi connectivity index (χ4v) is 0.853. The van der Waals surface area contributed by atoms with E-state index in [9.17, 15) is 0 Å². The van der Waals surface area contributed by atoms with Crippen molar-refractivity contribution in [2.24, 2.45) is 0 Å². The van der Waals surface area contributed by atoms with E-state index < -0.39 is 6.29 Å². The second kappa shape index (κ2) is 8.31. The van der Waals surface area contributed by atoms with Crippen LogP contribution in [0.15, 0.2) is 0 Å². The topological polar surface area (TPSA) is 29.5 Å². The maximum atomic E-state index is 9.13. The molecule has 0 spiro atoms. The summed E-state index contributed by atoms with van der Waals surface area (Å²) in [6.07, 6.45) is 2.96. The zero-order chi connectivity index (χ0) is 8.53. The Morgan fingerprint density at radius 2 is 2.18 bits per heavy atom. The molecule has 0 radical (unpaired) electrons. The largest absolute Gasteiger partial charge is 0.368 e. The van der Waals surface area contributed by atoms with Crippen molar-refractivity contribution in [3.05, 3.63) is 0 Å². The average molecular weight is 181 g/mol. The predicted molar refractivity (Wildman–Crippen MR) is 46.8 cm³/mol. The fraction of sp³-hybridized carbons (Fsp3) is 1.00. The normalized spacial score (nSPS) is 13.4. The lowest BCUT2D eigenvalue weighted by Gasteiger charge is -2.09. The Labute approximate surface area is 73.5 Å². The number of halogens is 1. The highest BCUT2D eigenvalue weighted by Gasteiger charge is 2.01. The van der Waals surface area contributed by atoms with Gasteiger partial charge in [-0.15, -0.1) is 11.6 Å². The number of aliphatic hydroxyl groups excluding tert-OH is 1. The number of aliphatic hydroxyl groups is 1. The standard InChI is InChI=1S/C8H17ClO2/c1-2-3-7-11-8(10)5-4-6-9/h8,10H,2-7H2,1H3. The van der Waals surface area contributed by atoms with E-state index in [0.717, 1.165) is 19.3 Å². The van der Waals surface area contributed by atoms with Gasteiger partial charge in [0.05, 0.1) is 0 Å². The number of rotatable bonds is 7. The first-order chi connectivity index (χ1) is 5.31. The van der Waals surface area contributed by atoms with Crippen LogP contribution >= 0.6 is 11.6 Å². The summed E-state index contributed by atoms with van der Waals surface area (Å²) in [5.74, 6) is 0.591. The molecule has 1 N–H and O–H groups in total. The Balaban J connectivity index is 3.02. The van der Waals surface area contributed by atoms with E-state index in [-0.39, 0.29) is 0 Å². The highest BCUT2D eigenvalue weighted by atomic mass is 35.5. The van der Waals surface area contributed by atoms with E-state index in [1.54, 1.807) is 0 Å². The van der Waals surface area contributed by atoms with Gasteiger partial charge in [0, 0.05) is 12.5 Å². The van der Waals surface area contributed by atoms with Crippen molar-refractivity contribution in [2.75, 3.05) is 12.5 Å². The van der Waals surface area contributed by atoms with Crippen LogP contribution < -0.4 is 0 Å². The van der Waals surface area contributed by atoms with Crippen molar-refractivity contribution >= 4 is 11.6 Å². The summed E-state index contributed by atoms with van der Waals surface area (Å²) in [5, 5.41) is 9.13. The third-order valence-corrected chi connectivity index (χ3v) is 1.66. The van der Waals surface area contributed by atoms with Crippen LogP contribution in [0.1, 0.15) is 32.6 Å². The molecule has 2 nitrogen and oxygen atoms in total. The number of ether oxygens (including phenoxy) is 1. The Bertz CT molecular complexity index is 78.5. The average Bonchev–Trinajstić information content (AvgIpc) is 2.01. The molecule has 0 aliphatic rings. The Hall–Kier alpha value is 0.210. The maximum absolute atomic E-state index is 9.13. The van der Waals surface area contributed by atoms with E-state index >= 15 is 0 Å². The van der Waals surface area contributed by atoms with Crippen molar-refractivity contribution in [3.63, 3.8) is 0 Å². The first kappa shape index (κ1) is 11.2. The van der Waals surface area contributed by atoms with Crippen molar-refractivity contribution in [2.45, 2.75) is 38.9 Å². The lowest BCUT2D eigenvalue weighted by atomic mass is 10.3. The molecule has 11 heavy (non-hydrogen) atoms. The van der Waals surface area contributed by atoms with Crippen LogP contribution in [0, 0.1) is 0 Å². The minimum absolute atomic E-state index is 0.591. The first-order valence-electron chi connectivity index (χ1n) is 4.17. The van der Waals surface area contributed by atoms with Gasteiger partial charge in [-0.05, 0) is 19.3 Å².